The zero-order chi connectivity index (χ0) is 34.4. The molecular weight excluding hydrogens is 637 g/mol. The molecule has 0 atom stereocenters. The summed E-state index contributed by atoms with van der Waals surface area (Å²) in [7, 11) is -3.42. The largest absolute Gasteiger partial charge is 0.379 e. The molecule has 0 aromatic heterocycles. The minimum atomic E-state index is -3.42. The summed E-state index contributed by atoms with van der Waals surface area (Å²) >= 11 is 1.63. The van der Waals surface area contributed by atoms with Gasteiger partial charge in [-0.15, -0.1) is 0 Å². The van der Waals surface area contributed by atoms with Crippen LogP contribution in [0.1, 0.15) is 98.6 Å². The summed E-state index contributed by atoms with van der Waals surface area (Å²) in [6.45, 7) is 12.8. The van der Waals surface area contributed by atoms with Gasteiger partial charge in [0, 0.05) is 48.1 Å². The molecule has 1 saturated heterocycles. The van der Waals surface area contributed by atoms with E-state index in [1.807, 2.05) is 38.1 Å². The number of rotatable bonds is 16. The standard InChI is InChI=1S/C36H48N2O7S2/c1-7-20-46-21-14-32(39)45-37-31(15-22-47(6,42)43)33(40)25-10-12-29-27(23-25)28-24-26(11-13-30(28)36(29,8-2)9-3)34(41)35(4,5)38-16-18-44-19-17-38/h10-13,23-24H,7-9,14-22H2,1-6H3/b37-31+. The van der Waals surface area contributed by atoms with Gasteiger partial charge in [-0.1, -0.05) is 50.2 Å². The highest BCUT2D eigenvalue weighted by Gasteiger charge is 2.42. The van der Waals surface area contributed by atoms with Crippen molar-refractivity contribution in [1.82, 2.24) is 4.90 Å². The normalized spacial score (nSPS) is 16.4. The summed E-state index contributed by atoms with van der Waals surface area (Å²) in [5.74, 6) is 0.130. The fourth-order valence-electron chi connectivity index (χ4n) is 6.63. The van der Waals surface area contributed by atoms with E-state index < -0.39 is 27.1 Å². The van der Waals surface area contributed by atoms with Crippen LogP contribution >= 0.6 is 11.8 Å². The molecule has 1 heterocycles. The number of sulfone groups is 1. The Balaban J connectivity index is 1.71. The molecule has 0 bridgehead atoms. The molecule has 2 aromatic carbocycles. The van der Waals surface area contributed by atoms with E-state index in [1.54, 1.807) is 17.8 Å². The number of fused-ring (bicyclic) bond motifs is 3. The van der Waals surface area contributed by atoms with Crippen LogP contribution in [0.15, 0.2) is 41.6 Å². The lowest BCUT2D eigenvalue weighted by molar-refractivity contribution is -0.143. The quantitative estimate of drug-likeness (QED) is 0.0678. The molecule has 1 fully saturated rings. The number of carbonyl (C=O) groups excluding carboxylic acids is 3. The summed E-state index contributed by atoms with van der Waals surface area (Å²) in [5, 5.41) is 3.90. The second kappa shape index (κ2) is 15.6. The predicted octanol–water partition coefficient (Wildman–Crippen LogP) is 6.12. The van der Waals surface area contributed by atoms with Gasteiger partial charge in [0.25, 0.3) is 0 Å². The number of ether oxygens (including phenoxy) is 1. The van der Waals surface area contributed by atoms with Gasteiger partial charge in [0.1, 0.15) is 15.5 Å². The first-order valence-corrected chi connectivity index (χ1v) is 19.7. The van der Waals surface area contributed by atoms with Gasteiger partial charge < -0.3 is 9.57 Å². The number of carbonyl (C=O) groups is 3. The van der Waals surface area contributed by atoms with Crippen molar-refractivity contribution in [2.75, 3.05) is 49.8 Å². The summed E-state index contributed by atoms with van der Waals surface area (Å²) < 4.78 is 29.5. The monoisotopic (exact) mass is 684 g/mol. The van der Waals surface area contributed by atoms with Crippen molar-refractivity contribution in [3.8, 4) is 11.1 Å². The maximum absolute atomic E-state index is 14.0. The summed E-state index contributed by atoms with van der Waals surface area (Å²) in [6.07, 6.45) is 3.69. The predicted molar refractivity (Wildman–Crippen MR) is 188 cm³/mol. The van der Waals surface area contributed by atoms with Crippen molar-refractivity contribution in [3.63, 3.8) is 0 Å². The van der Waals surface area contributed by atoms with Crippen molar-refractivity contribution >= 4 is 44.8 Å². The molecular formula is C36H48N2O7S2. The molecule has 47 heavy (non-hydrogen) atoms. The molecule has 0 unspecified atom stereocenters. The molecule has 0 saturated carbocycles. The topological polar surface area (TPSA) is 119 Å². The van der Waals surface area contributed by atoms with Gasteiger partial charge in [-0.2, -0.15) is 11.8 Å². The molecule has 4 rings (SSSR count). The number of ketones is 2. The third-order valence-corrected chi connectivity index (χ3v) is 11.6. The van der Waals surface area contributed by atoms with Crippen LogP contribution < -0.4 is 0 Å². The molecule has 0 amide bonds. The summed E-state index contributed by atoms with van der Waals surface area (Å²) in [4.78, 5) is 47.5. The summed E-state index contributed by atoms with van der Waals surface area (Å²) in [6, 6.07) is 11.4. The maximum atomic E-state index is 14.0. The van der Waals surface area contributed by atoms with Crippen LogP contribution in [0.3, 0.4) is 0 Å². The van der Waals surface area contributed by atoms with Crippen LogP contribution in [-0.4, -0.2) is 91.9 Å². The van der Waals surface area contributed by atoms with Crippen molar-refractivity contribution in [1.29, 1.82) is 0 Å². The van der Waals surface area contributed by atoms with E-state index in [1.165, 1.54) is 0 Å². The molecule has 1 aliphatic heterocycles. The van der Waals surface area contributed by atoms with Crippen molar-refractivity contribution < 1.29 is 32.4 Å². The Morgan fingerprint density at radius 1 is 0.936 bits per heavy atom. The highest BCUT2D eigenvalue weighted by atomic mass is 32.2. The van der Waals surface area contributed by atoms with Crippen LogP contribution in [0.25, 0.3) is 11.1 Å². The Morgan fingerprint density at radius 3 is 2.11 bits per heavy atom. The molecule has 256 valence electrons. The number of nitrogens with zero attached hydrogens (tertiary/aromatic N) is 2. The number of oxime groups is 1. The van der Waals surface area contributed by atoms with Crippen molar-refractivity contribution in [2.24, 2.45) is 5.16 Å². The SMILES string of the molecule is CCCSCCC(=O)O/N=C(\CCS(C)(=O)=O)C(=O)c1ccc2c(c1)-c1cc(C(=O)C(C)(C)N3CCOCC3)ccc1C2(CC)CC. The Morgan fingerprint density at radius 2 is 1.53 bits per heavy atom. The number of hydrogen-bond acceptors (Lipinski definition) is 10. The molecule has 11 heteroatoms. The van der Waals surface area contributed by atoms with Crippen LogP contribution in [-0.2, 0) is 29.6 Å². The molecule has 0 spiro atoms. The smallest absolute Gasteiger partial charge is 0.335 e. The Hall–Kier alpha value is -2.86. The molecule has 2 aromatic rings. The van der Waals surface area contributed by atoms with Gasteiger partial charge >= 0.3 is 5.97 Å². The lowest BCUT2D eigenvalue weighted by Crippen LogP contribution is -2.54. The van der Waals surface area contributed by atoms with E-state index in [4.69, 9.17) is 9.57 Å². The van der Waals surface area contributed by atoms with Gasteiger partial charge in [0.2, 0.25) is 5.78 Å². The van der Waals surface area contributed by atoms with E-state index in [0.29, 0.717) is 43.2 Å². The highest BCUT2D eigenvalue weighted by Crippen LogP contribution is 2.53. The average molecular weight is 685 g/mol. The van der Waals surface area contributed by atoms with E-state index in [0.717, 1.165) is 53.5 Å². The van der Waals surface area contributed by atoms with Crippen LogP contribution in [0.5, 0.6) is 0 Å². The highest BCUT2D eigenvalue weighted by molar-refractivity contribution is 7.99. The fourth-order valence-corrected chi connectivity index (χ4v) is 8.00. The molecule has 9 nitrogen and oxygen atoms in total. The fraction of sp³-hybridized carbons (Fsp3) is 0.556. The van der Waals surface area contributed by atoms with E-state index >= 15 is 0 Å². The minimum absolute atomic E-state index is 0.0200. The number of morpholine rings is 1. The van der Waals surface area contributed by atoms with Crippen LogP contribution in [0.4, 0.5) is 0 Å². The van der Waals surface area contributed by atoms with Gasteiger partial charge in [-0.3, -0.25) is 14.5 Å². The molecule has 2 aliphatic rings. The van der Waals surface area contributed by atoms with E-state index in [-0.39, 0.29) is 35.5 Å². The third-order valence-electron chi connectivity index (χ3n) is 9.48. The number of benzene rings is 2. The minimum Gasteiger partial charge on any atom is -0.379 e. The second-order valence-corrected chi connectivity index (χ2v) is 16.4. The van der Waals surface area contributed by atoms with Gasteiger partial charge in [0.15, 0.2) is 5.78 Å². The van der Waals surface area contributed by atoms with Gasteiger partial charge in [0.05, 0.1) is 30.9 Å². The molecule has 0 radical (unpaired) electrons. The third kappa shape index (κ3) is 8.24. The van der Waals surface area contributed by atoms with Crippen molar-refractivity contribution in [3.05, 3.63) is 58.7 Å². The maximum Gasteiger partial charge on any atom is 0.335 e. The Kier molecular flexibility index (Phi) is 12.2. The lowest BCUT2D eigenvalue weighted by Gasteiger charge is -2.39. The Bertz CT molecular complexity index is 1620. The van der Waals surface area contributed by atoms with Crippen LogP contribution in [0, 0.1) is 0 Å². The van der Waals surface area contributed by atoms with E-state index in [2.05, 4.69) is 36.9 Å². The van der Waals surface area contributed by atoms with Crippen molar-refractivity contribution in [2.45, 2.75) is 77.7 Å². The average Bonchev–Trinajstić information content (AvgIpc) is 3.34. The summed E-state index contributed by atoms with van der Waals surface area (Å²) in [5.41, 5.74) is 3.74. The second-order valence-electron chi connectivity index (χ2n) is 12.9. The van der Waals surface area contributed by atoms with Gasteiger partial charge in [-0.05, 0) is 73.2 Å². The zero-order valence-electron chi connectivity index (χ0n) is 28.5. The first-order chi connectivity index (χ1) is 22.3. The number of thioether (sulfide) groups is 1. The lowest BCUT2D eigenvalue weighted by atomic mass is 9.73. The Labute approximate surface area is 283 Å². The van der Waals surface area contributed by atoms with E-state index in [9.17, 15) is 22.8 Å². The zero-order valence-corrected chi connectivity index (χ0v) is 30.2. The number of Topliss-reactive ketones (excluding diaryl/α,β-unsaturated/α-hetero) is 2. The number of hydrogen-bond donors (Lipinski definition) is 0. The molecule has 0 N–H and O–H groups in total. The first-order valence-electron chi connectivity index (χ1n) is 16.5. The molecule has 1 aliphatic carbocycles. The van der Waals surface area contributed by atoms with Gasteiger partial charge in [-0.25, -0.2) is 13.2 Å². The van der Waals surface area contributed by atoms with Crippen LogP contribution in [0.2, 0.25) is 0 Å². The first kappa shape index (κ1) is 37.0.